The van der Waals surface area contributed by atoms with Gasteiger partial charge in [0.15, 0.2) is 0 Å². The van der Waals surface area contributed by atoms with Crippen LogP contribution in [0.2, 0.25) is 0 Å². The van der Waals surface area contributed by atoms with Gasteiger partial charge in [0.05, 0.1) is 13.2 Å². The molecule has 1 heterocycles. The standard InChI is InChI=1S/C25H26N2O3/c28-25(20-9-6-12-24(17-20)30-23-10-2-1-3-11-23)26-18-21-7-4-5-8-22(21)19-27-13-15-29-16-14-27/h1-12,17H,13-16,18-19H2,(H,26,28). The fourth-order valence-electron chi connectivity index (χ4n) is 3.49. The van der Waals surface area contributed by atoms with E-state index >= 15 is 0 Å². The molecule has 1 fully saturated rings. The topological polar surface area (TPSA) is 50.8 Å². The van der Waals surface area contributed by atoms with Gasteiger partial charge < -0.3 is 14.8 Å². The van der Waals surface area contributed by atoms with E-state index in [0.717, 1.165) is 44.2 Å². The summed E-state index contributed by atoms with van der Waals surface area (Å²) in [7, 11) is 0. The lowest BCUT2D eigenvalue weighted by Gasteiger charge is -2.27. The summed E-state index contributed by atoms with van der Waals surface area (Å²) in [5.74, 6) is 1.27. The molecule has 0 spiro atoms. The van der Waals surface area contributed by atoms with E-state index in [0.29, 0.717) is 17.9 Å². The van der Waals surface area contributed by atoms with E-state index in [2.05, 4.69) is 22.3 Å². The second kappa shape index (κ2) is 10.1. The summed E-state index contributed by atoms with van der Waals surface area (Å²) in [6.07, 6.45) is 0. The van der Waals surface area contributed by atoms with Crippen LogP contribution >= 0.6 is 0 Å². The summed E-state index contributed by atoms with van der Waals surface area (Å²) >= 11 is 0. The first-order valence-electron chi connectivity index (χ1n) is 10.3. The lowest BCUT2D eigenvalue weighted by molar-refractivity contribution is 0.0340. The molecule has 0 atom stereocenters. The van der Waals surface area contributed by atoms with E-state index in [1.165, 1.54) is 5.56 Å². The Morgan fingerprint density at radius 3 is 2.37 bits per heavy atom. The van der Waals surface area contributed by atoms with Crippen molar-refractivity contribution in [3.63, 3.8) is 0 Å². The van der Waals surface area contributed by atoms with E-state index in [1.54, 1.807) is 12.1 Å². The zero-order valence-electron chi connectivity index (χ0n) is 16.9. The van der Waals surface area contributed by atoms with Gasteiger partial charge >= 0.3 is 0 Å². The number of nitrogens with zero attached hydrogens (tertiary/aromatic N) is 1. The van der Waals surface area contributed by atoms with Crippen LogP contribution in [0.3, 0.4) is 0 Å². The largest absolute Gasteiger partial charge is 0.457 e. The van der Waals surface area contributed by atoms with Crippen LogP contribution in [-0.2, 0) is 17.8 Å². The van der Waals surface area contributed by atoms with Crippen molar-refractivity contribution >= 4 is 5.91 Å². The van der Waals surface area contributed by atoms with Crippen LogP contribution < -0.4 is 10.1 Å². The molecular formula is C25H26N2O3. The summed E-state index contributed by atoms with van der Waals surface area (Å²) in [4.78, 5) is 15.1. The van der Waals surface area contributed by atoms with Crippen molar-refractivity contribution in [2.45, 2.75) is 13.1 Å². The monoisotopic (exact) mass is 402 g/mol. The van der Waals surface area contributed by atoms with Gasteiger partial charge in [0.25, 0.3) is 5.91 Å². The lowest BCUT2D eigenvalue weighted by atomic mass is 10.1. The molecule has 5 heteroatoms. The van der Waals surface area contributed by atoms with Gasteiger partial charge in [0.2, 0.25) is 0 Å². The normalized spacial score (nSPS) is 14.3. The highest BCUT2D eigenvalue weighted by molar-refractivity contribution is 5.94. The van der Waals surface area contributed by atoms with Crippen molar-refractivity contribution in [3.05, 3.63) is 95.6 Å². The van der Waals surface area contributed by atoms with Gasteiger partial charge in [-0.3, -0.25) is 9.69 Å². The number of nitrogens with one attached hydrogen (secondary N) is 1. The van der Waals surface area contributed by atoms with Gasteiger partial charge in [-0.1, -0.05) is 48.5 Å². The van der Waals surface area contributed by atoms with Crippen LogP contribution in [0.15, 0.2) is 78.9 Å². The van der Waals surface area contributed by atoms with E-state index < -0.39 is 0 Å². The molecule has 5 nitrogen and oxygen atoms in total. The first kappa shape index (κ1) is 20.1. The number of hydrogen-bond donors (Lipinski definition) is 1. The Balaban J connectivity index is 1.38. The zero-order valence-corrected chi connectivity index (χ0v) is 16.9. The first-order valence-corrected chi connectivity index (χ1v) is 10.3. The van der Waals surface area contributed by atoms with Crippen molar-refractivity contribution in [2.75, 3.05) is 26.3 Å². The molecule has 4 rings (SSSR count). The predicted molar refractivity (Wildman–Crippen MR) is 117 cm³/mol. The minimum absolute atomic E-state index is 0.116. The molecule has 0 aliphatic carbocycles. The summed E-state index contributed by atoms with van der Waals surface area (Å²) in [5.41, 5.74) is 2.95. The molecule has 0 radical (unpaired) electrons. The number of hydrogen-bond acceptors (Lipinski definition) is 4. The highest BCUT2D eigenvalue weighted by Gasteiger charge is 2.13. The third-order valence-electron chi connectivity index (χ3n) is 5.13. The molecule has 1 aliphatic heterocycles. The van der Waals surface area contributed by atoms with Crippen LogP contribution in [0.25, 0.3) is 0 Å². The number of carbonyl (C=O) groups excluding carboxylic acids is 1. The molecule has 0 aromatic heterocycles. The average molecular weight is 402 g/mol. The van der Waals surface area contributed by atoms with Crippen LogP contribution in [0.5, 0.6) is 11.5 Å². The molecule has 3 aromatic rings. The number of morpholine rings is 1. The van der Waals surface area contributed by atoms with Gasteiger partial charge in [0.1, 0.15) is 11.5 Å². The first-order chi connectivity index (χ1) is 14.8. The molecule has 1 aliphatic rings. The van der Waals surface area contributed by atoms with Crippen molar-refractivity contribution in [1.29, 1.82) is 0 Å². The van der Waals surface area contributed by atoms with Gasteiger partial charge in [-0.15, -0.1) is 0 Å². The molecule has 154 valence electrons. The van der Waals surface area contributed by atoms with Crippen molar-refractivity contribution in [3.8, 4) is 11.5 Å². The fourth-order valence-corrected chi connectivity index (χ4v) is 3.49. The fraction of sp³-hybridized carbons (Fsp3) is 0.240. The van der Waals surface area contributed by atoms with Crippen LogP contribution in [0.1, 0.15) is 21.5 Å². The van der Waals surface area contributed by atoms with Crippen LogP contribution in [-0.4, -0.2) is 37.1 Å². The predicted octanol–water partition coefficient (Wildman–Crippen LogP) is 4.24. The number of para-hydroxylation sites is 1. The summed E-state index contributed by atoms with van der Waals surface area (Å²) in [5, 5.41) is 3.05. The number of benzene rings is 3. The van der Waals surface area contributed by atoms with E-state index in [9.17, 15) is 4.79 Å². The number of carbonyl (C=O) groups is 1. The Bertz CT molecular complexity index is 969. The lowest BCUT2D eigenvalue weighted by Crippen LogP contribution is -2.36. The maximum Gasteiger partial charge on any atom is 0.251 e. The Hall–Kier alpha value is -3.15. The average Bonchev–Trinajstić information content (AvgIpc) is 2.80. The molecule has 0 saturated carbocycles. The van der Waals surface area contributed by atoms with Gasteiger partial charge in [-0.25, -0.2) is 0 Å². The molecular weight excluding hydrogens is 376 g/mol. The van der Waals surface area contributed by atoms with Gasteiger partial charge in [-0.2, -0.15) is 0 Å². The smallest absolute Gasteiger partial charge is 0.251 e. The second-order valence-corrected chi connectivity index (χ2v) is 7.28. The molecule has 0 unspecified atom stereocenters. The molecule has 1 amide bonds. The highest BCUT2D eigenvalue weighted by atomic mass is 16.5. The maximum absolute atomic E-state index is 12.7. The summed E-state index contributed by atoms with van der Waals surface area (Å²) < 4.78 is 11.3. The van der Waals surface area contributed by atoms with E-state index in [1.807, 2.05) is 54.6 Å². The number of amides is 1. The SMILES string of the molecule is O=C(NCc1ccccc1CN1CCOCC1)c1cccc(Oc2ccccc2)c1. The van der Waals surface area contributed by atoms with Crippen LogP contribution in [0.4, 0.5) is 0 Å². The Kier molecular flexibility index (Phi) is 6.75. The van der Waals surface area contributed by atoms with Crippen molar-refractivity contribution < 1.29 is 14.3 Å². The van der Waals surface area contributed by atoms with Crippen molar-refractivity contribution in [1.82, 2.24) is 10.2 Å². The van der Waals surface area contributed by atoms with Gasteiger partial charge in [-0.05, 0) is 41.5 Å². The molecule has 1 N–H and O–H groups in total. The summed E-state index contributed by atoms with van der Waals surface area (Å²) in [6, 6.07) is 25.1. The Labute approximate surface area is 177 Å². The number of rotatable bonds is 7. The zero-order chi connectivity index (χ0) is 20.6. The van der Waals surface area contributed by atoms with Crippen molar-refractivity contribution in [2.24, 2.45) is 0 Å². The molecule has 0 bridgehead atoms. The molecule has 30 heavy (non-hydrogen) atoms. The second-order valence-electron chi connectivity index (χ2n) is 7.28. The van der Waals surface area contributed by atoms with Crippen LogP contribution in [0, 0.1) is 0 Å². The minimum atomic E-state index is -0.116. The van der Waals surface area contributed by atoms with E-state index in [4.69, 9.17) is 9.47 Å². The minimum Gasteiger partial charge on any atom is -0.457 e. The third kappa shape index (κ3) is 5.47. The van der Waals surface area contributed by atoms with E-state index in [-0.39, 0.29) is 5.91 Å². The summed E-state index contributed by atoms with van der Waals surface area (Å²) in [6.45, 7) is 4.79. The maximum atomic E-state index is 12.7. The number of ether oxygens (including phenoxy) is 2. The van der Waals surface area contributed by atoms with Gasteiger partial charge in [0, 0.05) is 31.7 Å². The quantitative estimate of drug-likeness (QED) is 0.642. The molecule has 3 aromatic carbocycles. The highest BCUT2D eigenvalue weighted by Crippen LogP contribution is 2.22. The Morgan fingerprint density at radius 1 is 0.867 bits per heavy atom. The third-order valence-corrected chi connectivity index (χ3v) is 5.13. The molecule has 1 saturated heterocycles. The Morgan fingerprint density at radius 2 is 1.57 bits per heavy atom.